The van der Waals surface area contributed by atoms with Crippen LogP contribution in [0.15, 0.2) is 27.6 Å². The monoisotopic (exact) mass is 349 g/mol. The van der Waals surface area contributed by atoms with Crippen molar-refractivity contribution in [2.24, 2.45) is 0 Å². The summed E-state index contributed by atoms with van der Waals surface area (Å²) in [5.74, 6) is 1.14. The van der Waals surface area contributed by atoms with Gasteiger partial charge in [-0.25, -0.2) is 13.1 Å². The van der Waals surface area contributed by atoms with Crippen LogP contribution >= 0.6 is 27.7 Å². The van der Waals surface area contributed by atoms with Gasteiger partial charge in [-0.05, 0) is 59.1 Å². The normalized spacial score (nSPS) is 20.2. The highest BCUT2D eigenvalue weighted by atomic mass is 79.9. The minimum Gasteiger partial charge on any atom is -0.210 e. The molecule has 0 bridgehead atoms. The highest BCUT2D eigenvalue weighted by molar-refractivity contribution is 9.10. The van der Waals surface area contributed by atoms with Crippen LogP contribution in [-0.4, -0.2) is 26.0 Å². The van der Waals surface area contributed by atoms with Crippen LogP contribution in [0.3, 0.4) is 0 Å². The van der Waals surface area contributed by atoms with E-state index in [-0.39, 0.29) is 0 Å². The molecule has 1 aliphatic rings. The van der Waals surface area contributed by atoms with Gasteiger partial charge in [0.15, 0.2) is 0 Å². The van der Waals surface area contributed by atoms with Crippen LogP contribution in [0, 0.1) is 6.92 Å². The number of benzene rings is 1. The molecule has 1 saturated heterocycles. The Bertz CT molecular complexity index is 525. The van der Waals surface area contributed by atoms with Crippen molar-refractivity contribution in [3.63, 3.8) is 0 Å². The van der Waals surface area contributed by atoms with Crippen molar-refractivity contribution in [1.29, 1.82) is 0 Å². The van der Waals surface area contributed by atoms with Crippen LogP contribution in [0.25, 0.3) is 0 Å². The Balaban J connectivity index is 2.09. The Kier molecular flexibility index (Phi) is 4.75. The van der Waals surface area contributed by atoms with E-state index in [1.807, 2.05) is 30.8 Å². The third kappa shape index (κ3) is 3.50. The molecule has 6 heteroatoms. The zero-order valence-corrected chi connectivity index (χ0v) is 13.4. The molecule has 0 spiro atoms. The summed E-state index contributed by atoms with van der Waals surface area (Å²) in [5.41, 5.74) is 1.03. The first-order valence-electron chi connectivity index (χ1n) is 5.86. The lowest BCUT2D eigenvalue weighted by molar-refractivity contribution is 0.578. The van der Waals surface area contributed by atoms with Crippen LogP contribution in [0.4, 0.5) is 0 Å². The first kappa shape index (κ1) is 14.4. The number of halogens is 1. The van der Waals surface area contributed by atoms with Gasteiger partial charge in [0.25, 0.3) is 0 Å². The molecule has 2 rings (SSSR count). The summed E-state index contributed by atoms with van der Waals surface area (Å²) in [6.07, 6.45) is 2.29. The molecular formula is C12H16BrNO2S2. The quantitative estimate of drug-likeness (QED) is 0.908. The molecule has 0 aliphatic carbocycles. The summed E-state index contributed by atoms with van der Waals surface area (Å²) >= 11 is 5.16. The molecule has 0 aromatic heterocycles. The molecule has 18 heavy (non-hydrogen) atoms. The van der Waals surface area contributed by atoms with Gasteiger partial charge in [0.2, 0.25) is 10.0 Å². The molecule has 3 nitrogen and oxygen atoms in total. The summed E-state index contributed by atoms with van der Waals surface area (Å²) in [7, 11) is -3.41. The maximum atomic E-state index is 12.2. The van der Waals surface area contributed by atoms with E-state index in [0.29, 0.717) is 21.2 Å². The number of nitrogens with one attached hydrogen (secondary N) is 1. The summed E-state index contributed by atoms with van der Waals surface area (Å²) in [6.45, 7) is 2.46. The standard InChI is InChI=1S/C12H16BrNO2S2/c1-9-4-5-12(11(13)7-9)18(15,16)14-8-10-3-2-6-17-10/h4-5,7,10,14H,2-3,6,8H2,1H3. The third-order valence-corrected chi connectivity index (χ3v) is 6.70. The van der Waals surface area contributed by atoms with Gasteiger partial charge in [-0.2, -0.15) is 11.8 Å². The van der Waals surface area contributed by atoms with Crippen molar-refractivity contribution in [3.8, 4) is 0 Å². The lowest BCUT2D eigenvalue weighted by Crippen LogP contribution is -2.30. The van der Waals surface area contributed by atoms with E-state index < -0.39 is 10.0 Å². The molecule has 1 aromatic carbocycles. The predicted octanol–water partition coefficient (Wildman–Crippen LogP) is 2.93. The van der Waals surface area contributed by atoms with Crippen molar-refractivity contribution >= 4 is 37.7 Å². The van der Waals surface area contributed by atoms with Crippen LogP contribution in [-0.2, 0) is 10.0 Å². The molecule has 1 heterocycles. The maximum absolute atomic E-state index is 12.2. The SMILES string of the molecule is Cc1ccc(S(=O)(=O)NCC2CCCS2)c(Br)c1. The molecule has 1 aromatic rings. The minimum absolute atomic E-state index is 0.316. The van der Waals surface area contributed by atoms with E-state index in [1.165, 1.54) is 6.42 Å². The van der Waals surface area contributed by atoms with Crippen LogP contribution in [0.2, 0.25) is 0 Å². The Morgan fingerprint density at radius 1 is 1.50 bits per heavy atom. The van der Waals surface area contributed by atoms with Crippen molar-refractivity contribution in [2.45, 2.75) is 29.9 Å². The van der Waals surface area contributed by atoms with Crippen LogP contribution < -0.4 is 4.72 Å². The Morgan fingerprint density at radius 2 is 2.28 bits per heavy atom. The number of thioether (sulfide) groups is 1. The number of hydrogen-bond acceptors (Lipinski definition) is 3. The van der Waals surface area contributed by atoms with Crippen molar-refractivity contribution in [2.75, 3.05) is 12.3 Å². The summed E-state index contributed by atoms with van der Waals surface area (Å²) in [6, 6.07) is 5.27. The van der Waals surface area contributed by atoms with Crippen molar-refractivity contribution in [1.82, 2.24) is 4.72 Å². The van der Waals surface area contributed by atoms with Crippen molar-refractivity contribution < 1.29 is 8.42 Å². The summed E-state index contributed by atoms with van der Waals surface area (Å²) in [5, 5.41) is 0.420. The Hall–Kier alpha value is -0.0400. The summed E-state index contributed by atoms with van der Waals surface area (Å²) < 4.78 is 27.7. The zero-order chi connectivity index (χ0) is 13.2. The van der Waals surface area contributed by atoms with Crippen LogP contribution in [0.1, 0.15) is 18.4 Å². The van der Waals surface area contributed by atoms with Gasteiger partial charge in [-0.15, -0.1) is 0 Å². The highest BCUT2D eigenvalue weighted by Gasteiger charge is 2.21. The number of sulfonamides is 1. The van der Waals surface area contributed by atoms with Gasteiger partial charge in [0.1, 0.15) is 0 Å². The fourth-order valence-corrected chi connectivity index (χ4v) is 5.49. The van der Waals surface area contributed by atoms with E-state index in [4.69, 9.17) is 0 Å². The Labute approximate surface area is 121 Å². The predicted molar refractivity (Wildman–Crippen MR) is 79.5 cm³/mol. The van der Waals surface area contributed by atoms with Gasteiger partial charge < -0.3 is 0 Å². The fraction of sp³-hybridized carbons (Fsp3) is 0.500. The lowest BCUT2D eigenvalue weighted by Gasteiger charge is -2.12. The average Bonchev–Trinajstić information content (AvgIpc) is 2.78. The van der Waals surface area contributed by atoms with E-state index in [2.05, 4.69) is 20.7 Å². The molecule has 0 saturated carbocycles. The molecule has 1 unspecified atom stereocenters. The highest BCUT2D eigenvalue weighted by Crippen LogP contribution is 2.27. The first-order chi connectivity index (χ1) is 8.49. The van der Waals surface area contributed by atoms with E-state index in [0.717, 1.165) is 17.7 Å². The van der Waals surface area contributed by atoms with Crippen LogP contribution in [0.5, 0.6) is 0 Å². The topological polar surface area (TPSA) is 46.2 Å². The van der Waals surface area contributed by atoms with Gasteiger partial charge in [0, 0.05) is 16.3 Å². The lowest BCUT2D eigenvalue weighted by atomic mass is 10.2. The van der Waals surface area contributed by atoms with Gasteiger partial charge >= 0.3 is 0 Å². The number of hydrogen-bond donors (Lipinski definition) is 1. The molecule has 1 atom stereocenters. The second kappa shape index (κ2) is 5.94. The number of aryl methyl sites for hydroxylation is 1. The fourth-order valence-electron chi connectivity index (χ4n) is 1.91. The zero-order valence-electron chi connectivity index (χ0n) is 10.1. The van der Waals surface area contributed by atoms with E-state index >= 15 is 0 Å². The average molecular weight is 350 g/mol. The van der Waals surface area contributed by atoms with Gasteiger partial charge in [0.05, 0.1) is 4.90 Å². The molecular weight excluding hydrogens is 334 g/mol. The smallest absolute Gasteiger partial charge is 0.210 e. The summed E-state index contributed by atoms with van der Waals surface area (Å²) in [4.78, 5) is 0.316. The molecule has 1 N–H and O–H groups in total. The molecule has 1 aliphatic heterocycles. The van der Waals surface area contributed by atoms with E-state index in [9.17, 15) is 8.42 Å². The second-order valence-corrected chi connectivity index (χ2v) is 8.42. The molecule has 0 radical (unpaired) electrons. The number of rotatable bonds is 4. The Morgan fingerprint density at radius 3 is 2.89 bits per heavy atom. The van der Waals surface area contributed by atoms with Gasteiger partial charge in [-0.1, -0.05) is 6.07 Å². The second-order valence-electron chi connectivity index (χ2n) is 4.42. The molecule has 1 fully saturated rings. The van der Waals surface area contributed by atoms with E-state index in [1.54, 1.807) is 6.07 Å². The largest absolute Gasteiger partial charge is 0.241 e. The maximum Gasteiger partial charge on any atom is 0.241 e. The van der Waals surface area contributed by atoms with Gasteiger partial charge in [-0.3, -0.25) is 0 Å². The third-order valence-electron chi connectivity index (χ3n) is 2.90. The minimum atomic E-state index is -3.41. The first-order valence-corrected chi connectivity index (χ1v) is 9.19. The molecule has 0 amide bonds. The van der Waals surface area contributed by atoms with Crippen molar-refractivity contribution in [3.05, 3.63) is 28.2 Å². The molecule has 100 valence electrons.